The molecule has 0 aliphatic heterocycles. The summed E-state index contributed by atoms with van der Waals surface area (Å²) in [5.41, 5.74) is 1.12. The number of hydrogen-bond donors (Lipinski definition) is 1. The van der Waals surface area contributed by atoms with Crippen molar-refractivity contribution in [2.75, 3.05) is 6.54 Å². The average Bonchev–Trinajstić information content (AvgIpc) is 2.39. The highest BCUT2D eigenvalue weighted by molar-refractivity contribution is 5.35. The summed E-state index contributed by atoms with van der Waals surface area (Å²) in [6.07, 6.45) is 3.53. The van der Waals surface area contributed by atoms with E-state index >= 15 is 0 Å². The minimum Gasteiger partial charge on any atom is -0.455 e. The fraction of sp³-hybridized carbons (Fsp3) is 0.214. The molecule has 0 saturated heterocycles. The molecule has 17 heavy (non-hydrogen) atoms. The van der Waals surface area contributed by atoms with E-state index < -0.39 is 0 Å². The first kappa shape index (κ1) is 11.6. The van der Waals surface area contributed by atoms with Crippen molar-refractivity contribution in [3.8, 4) is 11.5 Å². The summed E-state index contributed by atoms with van der Waals surface area (Å²) in [5.74, 6) is 1.64. The van der Waals surface area contributed by atoms with E-state index in [1.54, 1.807) is 12.4 Å². The number of pyridine rings is 1. The normalized spacial score (nSPS) is 10.2. The largest absolute Gasteiger partial charge is 0.455 e. The van der Waals surface area contributed by atoms with Crippen molar-refractivity contribution in [2.45, 2.75) is 13.5 Å². The van der Waals surface area contributed by atoms with Gasteiger partial charge in [0.15, 0.2) is 0 Å². The van der Waals surface area contributed by atoms with Crippen molar-refractivity contribution in [3.05, 3.63) is 54.4 Å². The highest BCUT2D eigenvalue weighted by atomic mass is 16.5. The lowest BCUT2D eigenvalue weighted by Crippen LogP contribution is -2.12. The highest BCUT2D eigenvalue weighted by Gasteiger charge is 2.03. The Morgan fingerprint density at radius 2 is 2.00 bits per heavy atom. The fourth-order valence-corrected chi connectivity index (χ4v) is 1.52. The SMILES string of the molecule is CCNCc1ccncc1Oc1ccccc1. The maximum atomic E-state index is 5.80. The van der Waals surface area contributed by atoms with Crippen molar-refractivity contribution in [3.63, 3.8) is 0 Å². The van der Waals surface area contributed by atoms with Crippen LogP contribution >= 0.6 is 0 Å². The molecule has 0 fully saturated rings. The molecule has 2 aromatic rings. The number of para-hydroxylation sites is 1. The molecule has 0 unspecified atom stereocenters. The quantitative estimate of drug-likeness (QED) is 0.854. The first-order valence-corrected chi connectivity index (χ1v) is 5.76. The molecule has 1 heterocycles. The van der Waals surface area contributed by atoms with Crippen LogP contribution in [0.5, 0.6) is 11.5 Å². The molecule has 3 heteroatoms. The molecule has 3 nitrogen and oxygen atoms in total. The fourth-order valence-electron chi connectivity index (χ4n) is 1.52. The van der Waals surface area contributed by atoms with Gasteiger partial charge in [-0.2, -0.15) is 0 Å². The van der Waals surface area contributed by atoms with E-state index in [9.17, 15) is 0 Å². The maximum absolute atomic E-state index is 5.80. The van der Waals surface area contributed by atoms with Gasteiger partial charge in [-0.05, 0) is 24.7 Å². The molecule has 0 saturated carbocycles. The van der Waals surface area contributed by atoms with Gasteiger partial charge in [0.25, 0.3) is 0 Å². The Bertz CT molecular complexity index is 457. The standard InChI is InChI=1S/C14H16N2O/c1-2-15-10-12-8-9-16-11-14(12)17-13-6-4-3-5-7-13/h3-9,11,15H,2,10H2,1H3. The molecular formula is C14H16N2O. The Kier molecular flexibility index (Phi) is 4.11. The van der Waals surface area contributed by atoms with Gasteiger partial charge in [-0.1, -0.05) is 25.1 Å². The van der Waals surface area contributed by atoms with E-state index in [2.05, 4.69) is 17.2 Å². The summed E-state index contributed by atoms with van der Waals surface area (Å²) >= 11 is 0. The van der Waals surface area contributed by atoms with Crippen molar-refractivity contribution >= 4 is 0 Å². The molecule has 0 amide bonds. The van der Waals surface area contributed by atoms with Gasteiger partial charge in [-0.3, -0.25) is 4.98 Å². The molecule has 1 aromatic carbocycles. The Balaban J connectivity index is 2.15. The number of benzene rings is 1. The maximum Gasteiger partial charge on any atom is 0.150 e. The predicted octanol–water partition coefficient (Wildman–Crippen LogP) is 2.98. The number of hydrogen-bond acceptors (Lipinski definition) is 3. The van der Waals surface area contributed by atoms with E-state index in [-0.39, 0.29) is 0 Å². The summed E-state index contributed by atoms with van der Waals surface area (Å²) < 4.78 is 5.80. The van der Waals surface area contributed by atoms with Gasteiger partial charge in [0, 0.05) is 18.3 Å². The minimum absolute atomic E-state index is 0.793. The van der Waals surface area contributed by atoms with Gasteiger partial charge in [-0.25, -0.2) is 0 Å². The first-order chi connectivity index (χ1) is 8.40. The molecule has 0 bridgehead atoms. The zero-order valence-corrected chi connectivity index (χ0v) is 9.89. The van der Waals surface area contributed by atoms with E-state index in [0.717, 1.165) is 30.2 Å². The van der Waals surface area contributed by atoms with Crippen LogP contribution in [0, 0.1) is 0 Å². The van der Waals surface area contributed by atoms with Crippen LogP contribution in [0.2, 0.25) is 0 Å². The third-order valence-electron chi connectivity index (χ3n) is 2.41. The van der Waals surface area contributed by atoms with Crippen LogP contribution in [0.3, 0.4) is 0 Å². The van der Waals surface area contributed by atoms with Crippen LogP contribution in [0.4, 0.5) is 0 Å². The van der Waals surface area contributed by atoms with Gasteiger partial charge in [0.2, 0.25) is 0 Å². The number of nitrogens with one attached hydrogen (secondary N) is 1. The molecule has 0 spiro atoms. The monoisotopic (exact) mass is 228 g/mol. The van der Waals surface area contributed by atoms with E-state index in [0.29, 0.717) is 0 Å². The molecular weight excluding hydrogens is 212 g/mol. The summed E-state index contributed by atoms with van der Waals surface area (Å²) in [7, 11) is 0. The van der Waals surface area contributed by atoms with Crippen LogP contribution in [0.15, 0.2) is 48.8 Å². The summed E-state index contributed by atoms with van der Waals surface area (Å²) in [5, 5.41) is 3.28. The molecule has 1 aromatic heterocycles. The molecule has 0 atom stereocenters. The molecule has 88 valence electrons. The summed E-state index contributed by atoms with van der Waals surface area (Å²) in [4.78, 5) is 4.10. The number of aromatic nitrogens is 1. The Hall–Kier alpha value is -1.87. The van der Waals surface area contributed by atoms with E-state index in [4.69, 9.17) is 4.74 Å². The second kappa shape index (κ2) is 6.01. The summed E-state index contributed by atoms with van der Waals surface area (Å²) in [6, 6.07) is 11.7. The smallest absolute Gasteiger partial charge is 0.150 e. The zero-order valence-electron chi connectivity index (χ0n) is 9.89. The van der Waals surface area contributed by atoms with Gasteiger partial charge in [0.05, 0.1) is 6.20 Å². The Morgan fingerprint density at radius 1 is 1.18 bits per heavy atom. The van der Waals surface area contributed by atoms with Crippen molar-refractivity contribution in [2.24, 2.45) is 0 Å². The number of ether oxygens (including phenoxy) is 1. The third kappa shape index (κ3) is 3.29. The van der Waals surface area contributed by atoms with Crippen molar-refractivity contribution < 1.29 is 4.74 Å². The molecule has 0 aliphatic carbocycles. The minimum atomic E-state index is 0.793. The number of rotatable bonds is 5. The van der Waals surface area contributed by atoms with Crippen LogP contribution in [-0.2, 0) is 6.54 Å². The lowest BCUT2D eigenvalue weighted by atomic mass is 10.2. The lowest BCUT2D eigenvalue weighted by molar-refractivity contribution is 0.471. The predicted molar refractivity (Wildman–Crippen MR) is 68.1 cm³/mol. The lowest BCUT2D eigenvalue weighted by Gasteiger charge is -2.10. The molecule has 0 radical (unpaired) electrons. The second-order valence-electron chi connectivity index (χ2n) is 3.68. The van der Waals surface area contributed by atoms with Gasteiger partial charge in [0.1, 0.15) is 11.5 Å². The van der Waals surface area contributed by atoms with Crippen LogP contribution in [0.1, 0.15) is 12.5 Å². The van der Waals surface area contributed by atoms with Gasteiger partial charge < -0.3 is 10.1 Å². The highest BCUT2D eigenvalue weighted by Crippen LogP contribution is 2.23. The first-order valence-electron chi connectivity index (χ1n) is 5.76. The van der Waals surface area contributed by atoms with E-state index in [1.807, 2.05) is 36.4 Å². The molecule has 1 N–H and O–H groups in total. The summed E-state index contributed by atoms with van der Waals surface area (Å²) in [6.45, 7) is 3.81. The molecule has 0 aliphatic rings. The Labute approximate surface area is 101 Å². The van der Waals surface area contributed by atoms with Crippen molar-refractivity contribution in [1.82, 2.24) is 10.3 Å². The molecule has 2 rings (SSSR count). The van der Waals surface area contributed by atoms with Crippen LogP contribution < -0.4 is 10.1 Å². The topological polar surface area (TPSA) is 34.2 Å². The van der Waals surface area contributed by atoms with Crippen LogP contribution in [-0.4, -0.2) is 11.5 Å². The van der Waals surface area contributed by atoms with Gasteiger partial charge >= 0.3 is 0 Å². The second-order valence-corrected chi connectivity index (χ2v) is 3.68. The average molecular weight is 228 g/mol. The number of nitrogens with zero attached hydrogens (tertiary/aromatic N) is 1. The van der Waals surface area contributed by atoms with Crippen molar-refractivity contribution in [1.29, 1.82) is 0 Å². The van der Waals surface area contributed by atoms with Crippen LogP contribution in [0.25, 0.3) is 0 Å². The van der Waals surface area contributed by atoms with E-state index in [1.165, 1.54) is 0 Å². The Morgan fingerprint density at radius 3 is 2.76 bits per heavy atom. The van der Waals surface area contributed by atoms with Gasteiger partial charge in [-0.15, -0.1) is 0 Å². The third-order valence-corrected chi connectivity index (χ3v) is 2.41. The zero-order chi connectivity index (χ0) is 11.9.